The summed E-state index contributed by atoms with van der Waals surface area (Å²) in [4.78, 5) is 0. The van der Waals surface area contributed by atoms with Crippen LogP contribution in [0.2, 0.25) is 0 Å². The third kappa shape index (κ3) is 8.85. The quantitative estimate of drug-likeness (QED) is 0.522. The standard InChI is InChI=1S/Cu.Fe.Pb.H2S/h;;;1H2. The van der Waals surface area contributed by atoms with Crippen molar-refractivity contribution >= 4 is 40.8 Å². The zero-order chi connectivity index (χ0) is 0. The van der Waals surface area contributed by atoms with Crippen LogP contribution in [0.3, 0.4) is 0 Å². The third-order valence-corrected chi connectivity index (χ3v) is 0. The van der Waals surface area contributed by atoms with Gasteiger partial charge in [0.05, 0.1) is 0 Å². The second-order valence-corrected chi connectivity index (χ2v) is 0. The van der Waals surface area contributed by atoms with Crippen LogP contribution in [0, 0.1) is 0 Å². The molecule has 0 aliphatic rings. The molecule has 0 spiro atoms. The Hall–Kier alpha value is 2.31. The van der Waals surface area contributed by atoms with Crippen LogP contribution in [0.5, 0.6) is 0 Å². The predicted molar refractivity (Wildman–Crippen MR) is 16.1 cm³/mol. The minimum Gasteiger partial charge on any atom is -0.197 e. The molecule has 0 saturated heterocycles. The van der Waals surface area contributed by atoms with Gasteiger partial charge >= 0.3 is 0 Å². The molecule has 0 saturated carbocycles. The van der Waals surface area contributed by atoms with Gasteiger partial charge in [0.25, 0.3) is 0 Å². The summed E-state index contributed by atoms with van der Waals surface area (Å²) in [6.45, 7) is 0. The van der Waals surface area contributed by atoms with Crippen molar-refractivity contribution in [2.75, 3.05) is 0 Å². The van der Waals surface area contributed by atoms with E-state index in [1.54, 1.807) is 0 Å². The first-order valence-corrected chi connectivity index (χ1v) is 0. The maximum Gasteiger partial charge on any atom is 0 e. The first-order chi connectivity index (χ1) is 0. The summed E-state index contributed by atoms with van der Waals surface area (Å²) in [5, 5.41) is 0. The van der Waals surface area contributed by atoms with Crippen LogP contribution < -0.4 is 0 Å². The summed E-state index contributed by atoms with van der Waals surface area (Å²) in [5.74, 6) is 0. The van der Waals surface area contributed by atoms with Crippen molar-refractivity contribution in [2.24, 2.45) is 0 Å². The van der Waals surface area contributed by atoms with Gasteiger partial charge in [0, 0.05) is 61.4 Å². The maximum atomic E-state index is 0. The van der Waals surface area contributed by atoms with E-state index in [9.17, 15) is 0 Å². The van der Waals surface area contributed by atoms with Crippen LogP contribution in [0.15, 0.2) is 0 Å². The van der Waals surface area contributed by atoms with E-state index in [1.165, 1.54) is 0 Å². The van der Waals surface area contributed by atoms with Gasteiger partial charge in [-0.25, -0.2) is 0 Å². The van der Waals surface area contributed by atoms with Gasteiger partial charge in [-0.15, -0.1) is 0 Å². The van der Waals surface area contributed by atoms with E-state index >= 15 is 0 Å². The minimum absolute atomic E-state index is 0. The molecule has 0 fully saturated rings. The molecule has 0 rings (SSSR count). The molecule has 0 bridgehead atoms. The van der Waals surface area contributed by atoms with Crippen LogP contribution in [0.4, 0.5) is 0 Å². The molecule has 0 aliphatic heterocycles. The monoisotopic (exact) mass is 361 g/mol. The molecule has 0 atom stereocenters. The molecule has 0 heterocycles. The average Bonchev–Trinajstić information content (AvgIpc) is 0. The number of hydrogen-bond donors (Lipinski definition) is 0. The van der Waals surface area contributed by atoms with Gasteiger partial charge in [-0.2, -0.15) is 13.5 Å². The Kier molecular flexibility index (Phi) is 154. The fourth-order valence-corrected chi connectivity index (χ4v) is 0. The van der Waals surface area contributed by atoms with E-state index in [-0.39, 0.29) is 74.9 Å². The van der Waals surface area contributed by atoms with E-state index in [2.05, 4.69) is 0 Å². The van der Waals surface area contributed by atoms with Crippen LogP contribution in [0.1, 0.15) is 0 Å². The molecule has 0 aliphatic carbocycles. The Labute approximate surface area is 74.0 Å². The summed E-state index contributed by atoms with van der Waals surface area (Å²) in [5.41, 5.74) is 0. The van der Waals surface area contributed by atoms with Crippen LogP contribution >= 0.6 is 13.5 Å². The van der Waals surface area contributed by atoms with E-state index in [0.29, 0.717) is 0 Å². The van der Waals surface area contributed by atoms with E-state index < -0.39 is 0 Å². The zero-order valence-corrected chi connectivity index (χ0v) is 8.59. The topological polar surface area (TPSA) is 0 Å². The molecule has 4 heavy (non-hydrogen) atoms. The van der Waals surface area contributed by atoms with Gasteiger partial charge < -0.3 is 0 Å². The summed E-state index contributed by atoms with van der Waals surface area (Å²) in [6.07, 6.45) is 0. The fraction of sp³-hybridized carbons (Fsp3) is 0. The Balaban J connectivity index is 0. The number of rotatable bonds is 0. The zero-order valence-electron chi connectivity index (χ0n) is 1.66. The Bertz CT molecular complexity index is 8.00. The molecule has 0 aromatic rings. The minimum atomic E-state index is 0. The molecule has 0 amide bonds. The SMILES string of the molecule is S.[Cu].[Fe].[Pb]. The molecule has 4 heteroatoms. The Morgan fingerprint density at radius 1 is 1.00 bits per heavy atom. The van der Waals surface area contributed by atoms with Gasteiger partial charge in [0.15, 0.2) is 0 Å². The van der Waals surface area contributed by atoms with Crippen LogP contribution in [0.25, 0.3) is 0 Å². The molecule has 5 radical (unpaired) electrons. The van der Waals surface area contributed by atoms with Crippen LogP contribution in [-0.2, 0) is 34.1 Å². The smallest absolute Gasteiger partial charge is 0 e. The van der Waals surface area contributed by atoms with Crippen molar-refractivity contribution in [3.63, 3.8) is 0 Å². The van der Waals surface area contributed by atoms with E-state index in [1.807, 2.05) is 0 Å². The summed E-state index contributed by atoms with van der Waals surface area (Å²) < 4.78 is 0. The van der Waals surface area contributed by atoms with Gasteiger partial charge in [-0.1, -0.05) is 0 Å². The molecule has 0 N–H and O–H groups in total. The second kappa shape index (κ2) is 18.5. The maximum absolute atomic E-state index is 0. The predicted octanol–water partition coefficient (Wildman–Crippen LogP) is -0.273. The number of hydrogen-bond acceptors (Lipinski definition) is 0. The second-order valence-electron chi connectivity index (χ2n) is 0. The molecular formula is H2CuFePbS. The van der Waals surface area contributed by atoms with Crippen molar-refractivity contribution in [3.05, 3.63) is 0 Å². The van der Waals surface area contributed by atoms with Gasteiger partial charge in [0.2, 0.25) is 0 Å². The van der Waals surface area contributed by atoms with Crippen LogP contribution in [-0.4, -0.2) is 27.3 Å². The van der Waals surface area contributed by atoms with Crippen molar-refractivity contribution in [3.8, 4) is 0 Å². The van der Waals surface area contributed by atoms with Crippen molar-refractivity contribution in [1.82, 2.24) is 0 Å². The van der Waals surface area contributed by atoms with Crippen molar-refractivity contribution in [1.29, 1.82) is 0 Å². The van der Waals surface area contributed by atoms with E-state index in [0.717, 1.165) is 0 Å². The third-order valence-electron chi connectivity index (χ3n) is 0. The average molecular weight is 361 g/mol. The summed E-state index contributed by atoms with van der Waals surface area (Å²) in [6, 6.07) is 0. The van der Waals surface area contributed by atoms with Gasteiger partial charge in [-0.05, 0) is 0 Å². The molecule has 0 aromatic carbocycles. The first kappa shape index (κ1) is 33.3. The molecule has 0 unspecified atom stereocenters. The van der Waals surface area contributed by atoms with Crippen molar-refractivity contribution < 1.29 is 34.1 Å². The van der Waals surface area contributed by atoms with E-state index in [4.69, 9.17) is 0 Å². The molecule has 0 aromatic heterocycles. The molecule has 31 valence electrons. The van der Waals surface area contributed by atoms with Gasteiger partial charge in [-0.3, -0.25) is 0 Å². The summed E-state index contributed by atoms with van der Waals surface area (Å²) >= 11 is 0. The Morgan fingerprint density at radius 3 is 1.00 bits per heavy atom. The Morgan fingerprint density at radius 2 is 1.00 bits per heavy atom. The van der Waals surface area contributed by atoms with Gasteiger partial charge in [0.1, 0.15) is 0 Å². The summed E-state index contributed by atoms with van der Waals surface area (Å²) in [7, 11) is 0. The normalized spacial score (nSPS) is 0. The van der Waals surface area contributed by atoms with Crippen molar-refractivity contribution in [2.45, 2.75) is 0 Å². The first-order valence-electron chi connectivity index (χ1n) is 0. The molecule has 0 nitrogen and oxygen atoms in total. The molecular weight excluding hydrogens is 359 g/mol. The fourth-order valence-electron chi connectivity index (χ4n) is 0. The largest absolute Gasteiger partial charge is 0.197 e.